The second kappa shape index (κ2) is 7.43. The smallest absolute Gasteiger partial charge is 0.0948 e. The Balaban J connectivity index is 2.09. The standard InChI is InChI=1S/C11H21N3O/c1-3-5-12-6-7-15-9-11-8-13-10-14(11)4-2/h8,10,12H,3-7,9H2,1-2H3. The van der Waals surface area contributed by atoms with Crippen LogP contribution in [0.4, 0.5) is 0 Å². The number of hydrogen-bond donors (Lipinski definition) is 1. The van der Waals surface area contributed by atoms with Gasteiger partial charge in [0.15, 0.2) is 0 Å². The summed E-state index contributed by atoms with van der Waals surface area (Å²) in [6.07, 6.45) is 4.87. The molecule has 0 aliphatic carbocycles. The van der Waals surface area contributed by atoms with Gasteiger partial charge in [-0.2, -0.15) is 0 Å². The molecule has 0 radical (unpaired) electrons. The van der Waals surface area contributed by atoms with Crippen molar-refractivity contribution in [3.8, 4) is 0 Å². The van der Waals surface area contributed by atoms with Gasteiger partial charge in [0.1, 0.15) is 0 Å². The van der Waals surface area contributed by atoms with Crippen LogP contribution in [-0.2, 0) is 17.9 Å². The summed E-state index contributed by atoms with van der Waals surface area (Å²) in [5, 5.41) is 3.30. The molecule has 1 rings (SSSR count). The quantitative estimate of drug-likeness (QED) is 0.661. The molecule has 0 aromatic carbocycles. The average Bonchev–Trinajstić information content (AvgIpc) is 2.70. The maximum Gasteiger partial charge on any atom is 0.0948 e. The molecule has 0 aliphatic heterocycles. The summed E-state index contributed by atoms with van der Waals surface area (Å²) in [7, 11) is 0. The third-order valence-electron chi connectivity index (χ3n) is 2.24. The third kappa shape index (κ3) is 4.44. The highest BCUT2D eigenvalue weighted by molar-refractivity contribution is 4.95. The van der Waals surface area contributed by atoms with Gasteiger partial charge in [-0.25, -0.2) is 4.98 Å². The van der Waals surface area contributed by atoms with Gasteiger partial charge in [0.25, 0.3) is 0 Å². The molecule has 0 spiro atoms. The molecule has 4 heteroatoms. The predicted molar refractivity (Wildman–Crippen MR) is 60.7 cm³/mol. The van der Waals surface area contributed by atoms with Gasteiger partial charge in [-0.05, 0) is 19.9 Å². The fourth-order valence-electron chi connectivity index (χ4n) is 1.38. The molecular weight excluding hydrogens is 190 g/mol. The van der Waals surface area contributed by atoms with E-state index in [1.807, 2.05) is 12.5 Å². The zero-order valence-electron chi connectivity index (χ0n) is 9.70. The summed E-state index contributed by atoms with van der Waals surface area (Å²) in [6.45, 7) is 8.62. The van der Waals surface area contributed by atoms with Gasteiger partial charge in [-0.1, -0.05) is 6.92 Å². The van der Waals surface area contributed by atoms with Crippen molar-refractivity contribution in [1.29, 1.82) is 0 Å². The number of aryl methyl sites for hydroxylation is 1. The number of imidazole rings is 1. The first kappa shape index (κ1) is 12.2. The monoisotopic (exact) mass is 211 g/mol. The maximum absolute atomic E-state index is 5.54. The van der Waals surface area contributed by atoms with Crippen molar-refractivity contribution in [3.05, 3.63) is 18.2 Å². The van der Waals surface area contributed by atoms with Crippen LogP contribution in [0.3, 0.4) is 0 Å². The molecule has 0 aliphatic rings. The molecule has 1 N–H and O–H groups in total. The van der Waals surface area contributed by atoms with Crippen LogP contribution >= 0.6 is 0 Å². The Morgan fingerprint density at radius 2 is 2.27 bits per heavy atom. The van der Waals surface area contributed by atoms with Crippen molar-refractivity contribution in [2.75, 3.05) is 19.7 Å². The SMILES string of the molecule is CCCNCCOCc1cncn1CC. The number of aromatic nitrogens is 2. The van der Waals surface area contributed by atoms with Gasteiger partial charge < -0.3 is 14.6 Å². The van der Waals surface area contributed by atoms with Gasteiger partial charge >= 0.3 is 0 Å². The van der Waals surface area contributed by atoms with Crippen LogP contribution in [0.2, 0.25) is 0 Å². The summed E-state index contributed by atoms with van der Waals surface area (Å²) in [6, 6.07) is 0. The highest BCUT2D eigenvalue weighted by atomic mass is 16.5. The minimum atomic E-state index is 0.654. The Kier molecular flexibility index (Phi) is 6.04. The van der Waals surface area contributed by atoms with Crippen LogP contribution in [0, 0.1) is 0 Å². The normalized spacial score (nSPS) is 10.8. The zero-order chi connectivity index (χ0) is 10.9. The van der Waals surface area contributed by atoms with Gasteiger partial charge in [-0.3, -0.25) is 0 Å². The van der Waals surface area contributed by atoms with E-state index in [1.54, 1.807) is 0 Å². The Hall–Kier alpha value is -0.870. The van der Waals surface area contributed by atoms with Crippen LogP contribution in [-0.4, -0.2) is 29.2 Å². The van der Waals surface area contributed by atoms with E-state index >= 15 is 0 Å². The fourth-order valence-corrected chi connectivity index (χ4v) is 1.38. The number of nitrogens with one attached hydrogen (secondary N) is 1. The highest BCUT2D eigenvalue weighted by Gasteiger charge is 1.99. The molecular formula is C11H21N3O. The molecule has 86 valence electrons. The topological polar surface area (TPSA) is 39.1 Å². The van der Waals surface area contributed by atoms with Crippen LogP contribution in [0.15, 0.2) is 12.5 Å². The fraction of sp³-hybridized carbons (Fsp3) is 0.727. The lowest BCUT2D eigenvalue weighted by molar-refractivity contribution is 0.118. The van der Waals surface area contributed by atoms with E-state index in [0.29, 0.717) is 6.61 Å². The molecule has 0 atom stereocenters. The van der Waals surface area contributed by atoms with E-state index < -0.39 is 0 Å². The molecule has 0 saturated heterocycles. The van der Waals surface area contributed by atoms with Gasteiger partial charge in [0.2, 0.25) is 0 Å². The number of rotatable bonds is 8. The van der Waals surface area contributed by atoms with Crippen molar-refractivity contribution in [3.63, 3.8) is 0 Å². The first-order valence-corrected chi connectivity index (χ1v) is 5.66. The van der Waals surface area contributed by atoms with Crippen molar-refractivity contribution in [2.45, 2.75) is 33.4 Å². The Labute approximate surface area is 91.7 Å². The second-order valence-corrected chi connectivity index (χ2v) is 3.47. The third-order valence-corrected chi connectivity index (χ3v) is 2.24. The molecule has 0 saturated carbocycles. The molecule has 15 heavy (non-hydrogen) atoms. The lowest BCUT2D eigenvalue weighted by Gasteiger charge is -2.07. The van der Waals surface area contributed by atoms with Crippen LogP contribution in [0.1, 0.15) is 26.0 Å². The summed E-state index contributed by atoms with van der Waals surface area (Å²) in [4.78, 5) is 4.09. The summed E-state index contributed by atoms with van der Waals surface area (Å²) in [5.74, 6) is 0. The minimum absolute atomic E-state index is 0.654. The zero-order valence-corrected chi connectivity index (χ0v) is 9.70. The van der Waals surface area contributed by atoms with Crippen molar-refractivity contribution < 1.29 is 4.74 Å². The van der Waals surface area contributed by atoms with E-state index in [0.717, 1.165) is 31.9 Å². The molecule has 0 bridgehead atoms. The number of ether oxygens (including phenoxy) is 1. The lowest BCUT2D eigenvalue weighted by atomic mass is 10.4. The number of hydrogen-bond acceptors (Lipinski definition) is 3. The van der Waals surface area contributed by atoms with Crippen molar-refractivity contribution >= 4 is 0 Å². The van der Waals surface area contributed by atoms with Gasteiger partial charge in [-0.15, -0.1) is 0 Å². The predicted octanol–water partition coefficient (Wildman–Crippen LogP) is 1.42. The molecule has 1 heterocycles. The Morgan fingerprint density at radius 3 is 3.00 bits per heavy atom. The Bertz CT molecular complexity index is 260. The second-order valence-electron chi connectivity index (χ2n) is 3.47. The molecule has 0 unspecified atom stereocenters. The van der Waals surface area contributed by atoms with Gasteiger partial charge in [0, 0.05) is 13.1 Å². The first-order chi connectivity index (χ1) is 7.38. The average molecular weight is 211 g/mol. The van der Waals surface area contributed by atoms with E-state index in [-0.39, 0.29) is 0 Å². The highest BCUT2D eigenvalue weighted by Crippen LogP contribution is 2.00. The maximum atomic E-state index is 5.54. The van der Waals surface area contributed by atoms with Crippen LogP contribution in [0.25, 0.3) is 0 Å². The van der Waals surface area contributed by atoms with E-state index in [1.165, 1.54) is 6.42 Å². The molecule has 1 aromatic heterocycles. The van der Waals surface area contributed by atoms with Crippen molar-refractivity contribution in [1.82, 2.24) is 14.9 Å². The molecule has 1 aromatic rings. The number of nitrogens with zero attached hydrogens (tertiary/aromatic N) is 2. The Morgan fingerprint density at radius 1 is 1.40 bits per heavy atom. The summed E-state index contributed by atoms with van der Waals surface area (Å²) < 4.78 is 7.64. The van der Waals surface area contributed by atoms with E-state index in [4.69, 9.17) is 4.74 Å². The minimum Gasteiger partial charge on any atom is -0.374 e. The van der Waals surface area contributed by atoms with Crippen LogP contribution < -0.4 is 5.32 Å². The van der Waals surface area contributed by atoms with Gasteiger partial charge in [0.05, 0.1) is 31.4 Å². The van der Waals surface area contributed by atoms with E-state index in [2.05, 4.69) is 28.7 Å². The lowest BCUT2D eigenvalue weighted by Crippen LogP contribution is -2.20. The first-order valence-electron chi connectivity index (χ1n) is 5.66. The largest absolute Gasteiger partial charge is 0.374 e. The van der Waals surface area contributed by atoms with E-state index in [9.17, 15) is 0 Å². The molecule has 4 nitrogen and oxygen atoms in total. The molecule has 0 fully saturated rings. The molecule has 0 amide bonds. The van der Waals surface area contributed by atoms with Crippen molar-refractivity contribution in [2.24, 2.45) is 0 Å². The van der Waals surface area contributed by atoms with Crippen LogP contribution in [0.5, 0.6) is 0 Å². The summed E-state index contributed by atoms with van der Waals surface area (Å²) >= 11 is 0. The summed E-state index contributed by atoms with van der Waals surface area (Å²) in [5.41, 5.74) is 1.15.